The fraction of sp³-hybridized carbons (Fsp3) is 0.588. The topological polar surface area (TPSA) is 92.5 Å². The Morgan fingerprint density at radius 2 is 1.96 bits per heavy atom. The monoisotopic (exact) mass is 353 g/mol. The van der Waals surface area contributed by atoms with Crippen LogP contribution < -0.4 is 11.1 Å². The normalized spacial score (nSPS) is 18.8. The first kappa shape index (κ1) is 18.9. The molecule has 0 spiro atoms. The third-order valence-corrected chi connectivity index (χ3v) is 6.51. The van der Waals surface area contributed by atoms with Gasteiger partial charge in [0.2, 0.25) is 15.9 Å². The third-order valence-electron chi connectivity index (χ3n) is 4.61. The summed E-state index contributed by atoms with van der Waals surface area (Å²) < 4.78 is 26.9. The molecule has 2 rings (SSSR count). The van der Waals surface area contributed by atoms with Crippen molar-refractivity contribution >= 4 is 21.6 Å². The summed E-state index contributed by atoms with van der Waals surface area (Å²) in [5.74, 6) is -0.234. The molecule has 0 aliphatic carbocycles. The van der Waals surface area contributed by atoms with E-state index in [9.17, 15) is 13.2 Å². The molecule has 0 bridgehead atoms. The average molecular weight is 353 g/mol. The van der Waals surface area contributed by atoms with Gasteiger partial charge in [0.15, 0.2) is 0 Å². The van der Waals surface area contributed by atoms with Gasteiger partial charge in [-0.25, -0.2) is 8.42 Å². The lowest BCUT2D eigenvalue weighted by atomic mass is 9.99. The molecule has 24 heavy (non-hydrogen) atoms. The standard InChI is InChI=1S/C17H27N3O3S/c1-3-13(2)16(18)17(21)19-14-8-7-9-15(12-14)24(22,23)20-10-5-4-6-11-20/h7-9,12-13,16H,3-6,10-11,18H2,1-2H3,(H,19,21). The van der Waals surface area contributed by atoms with Crippen LogP contribution >= 0.6 is 0 Å². The second-order valence-corrected chi connectivity index (χ2v) is 8.33. The summed E-state index contributed by atoms with van der Waals surface area (Å²) >= 11 is 0. The minimum Gasteiger partial charge on any atom is -0.325 e. The van der Waals surface area contributed by atoms with Crippen LogP contribution in [0.1, 0.15) is 39.5 Å². The third kappa shape index (κ3) is 4.34. The second-order valence-electron chi connectivity index (χ2n) is 6.39. The summed E-state index contributed by atoms with van der Waals surface area (Å²) in [5, 5.41) is 2.73. The first-order chi connectivity index (χ1) is 11.4. The predicted molar refractivity (Wildman–Crippen MR) is 95.1 cm³/mol. The van der Waals surface area contributed by atoms with E-state index < -0.39 is 16.1 Å². The van der Waals surface area contributed by atoms with Crippen molar-refractivity contribution in [2.45, 2.75) is 50.5 Å². The largest absolute Gasteiger partial charge is 0.325 e. The van der Waals surface area contributed by atoms with E-state index in [1.807, 2.05) is 13.8 Å². The quantitative estimate of drug-likeness (QED) is 0.820. The van der Waals surface area contributed by atoms with Crippen molar-refractivity contribution < 1.29 is 13.2 Å². The van der Waals surface area contributed by atoms with E-state index >= 15 is 0 Å². The van der Waals surface area contributed by atoms with Gasteiger partial charge in [0.25, 0.3) is 0 Å². The average Bonchev–Trinajstić information content (AvgIpc) is 2.61. The molecule has 0 radical (unpaired) electrons. The van der Waals surface area contributed by atoms with Crippen LogP contribution in [-0.4, -0.2) is 37.8 Å². The smallest absolute Gasteiger partial charge is 0.243 e. The van der Waals surface area contributed by atoms with E-state index in [1.165, 1.54) is 10.4 Å². The van der Waals surface area contributed by atoms with Gasteiger partial charge in [-0.05, 0) is 37.0 Å². The molecule has 1 fully saturated rings. The Bertz CT molecular complexity index is 669. The number of carbonyl (C=O) groups excluding carboxylic acids is 1. The van der Waals surface area contributed by atoms with Gasteiger partial charge in [0.05, 0.1) is 10.9 Å². The number of hydrogen-bond donors (Lipinski definition) is 2. The molecule has 3 N–H and O–H groups in total. The van der Waals surface area contributed by atoms with Crippen LogP contribution in [0.4, 0.5) is 5.69 Å². The minimum atomic E-state index is -3.51. The van der Waals surface area contributed by atoms with Crippen LogP contribution in [0.2, 0.25) is 0 Å². The SMILES string of the molecule is CCC(C)C(N)C(=O)Nc1cccc(S(=O)(=O)N2CCCCC2)c1. The fourth-order valence-electron chi connectivity index (χ4n) is 2.73. The van der Waals surface area contributed by atoms with Crippen molar-refractivity contribution in [3.8, 4) is 0 Å². The van der Waals surface area contributed by atoms with E-state index in [-0.39, 0.29) is 16.7 Å². The first-order valence-corrected chi connectivity index (χ1v) is 9.97. The lowest BCUT2D eigenvalue weighted by Gasteiger charge is -2.26. The molecule has 7 heteroatoms. The fourth-order valence-corrected chi connectivity index (χ4v) is 4.29. The van der Waals surface area contributed by atoms with Gasteiger partial charge in [-0.15, -0.1) is 0 Å². The number of anilines is 1. The Balaban J connectivity index is 2.15. The van der Waals surface area contributed by atoms with E-state index in [1.54, 1.807) is 18.2 Å². The molecule has 1 aromatic carbocycles. The minimum absolute atomic E-state index is 0.0604. The molecule has 2 unspecified atom stereocenters. The van der Waals surface area contributed by atoms with E-state index in [0.717, 1.165) is 25.7 Å². The van der Waals surface area contributed by atoms with Crippen molar-refractivity contribution in [3.63, 3.8) is 0 Å². The zero-order valence-corrected chi connectivity index (χ0v) is 15.2. The first-order valence-electron chi connectivity index (χ1n) is 8.53. The van der Waals surface area contributed by atoms with E-state index in [4.69, 9.17) is 5.73 Å². The summed E-state index contributed by atoms with van der Waals surface area (Å²) in [6.07, 6.45) is 3.65. The van der Waals surface area contributed by atoms with Gasteiger partial charge >= 0.3 is 0 Å². The van der Waals surface area contributed by atoms with Gasteiger partial charge in [-0.2, -0.15) is 4.31 Å². The van der Waals surface area contributed by atoms with Crippen molar-refractivity contribution in [3.05, 3.63) is 24.3 Å². The summed E-state index contributed by atoms with van der Waals surface area (Å²) in [5.41, 5.74) is 6.38. The molecule has 1 aliphatic heterocycles. The number of nitrogens with zero attached hydrogens (tertiary/aromatic N) is 1. The highest BCUT2D eigenvalue weighted by molar-refractivity contribution is 7.89. The van der Waals surface area contributed by atoms with Crippen molar-refractivity contribution in [1.82, 2.24) is 4.31 Å². The molecular weight excluding hydrogens is 326 g/mol. The molecule has 6 nitrogen and oxygen atoms in total. The number of amides is 1. The predicted octanol–water partition coefficient (Wildman–Crippen LogP) is 2.17. The number of nitrogens with one attached hydrogen (secondary N) is 1. The Labute approximate surface area is 144 Å². The summed E-state index contributed by atoms with van der Waals surface area (Å²) in [4.78, 5) is 12.4. The summed E-state index contributed by atoms with van der Waals surface area (Å²) in [7, 11) is -3.51. The van der Waals surface area contributed by atoms with Gasteiger partial charge in [0, 0.05) is 18.8 Å². The van der Waals surface area contributed by atoms with Crippen LogP contribution in [0.5, 0.6) is 0 Å². The number of nitrogens with two attached hydrogens (primary N) is 1. The molecule has 2 atom stereocenters. The Kier molecular flexibility index (Phi) is 6.37. The molecule has 0 saturated carbocycles. The molecule has 1 heterocycles. The zero-order chi connectivity index (χ0) is 17.7. The second kappa shape index (κ2) is 8.09. The number of carbonyl (C=O) groups is 1. The maximum absolute atomic E-state index is 12.7. The molecule has 1 amide bonds. The summed E-state index contributed by atoms with van der Waals surface area (Å²) in [6, 6.07) is 5.77. The Morgan fingerprint density at radius 1 is 1.29 bits per heavy atom. The molecule has 1 aliphatic rings. The van der Waals surface area contributed by atoms with E-state index in [2.05, 4.69) is 5.32 Å². The number of piperidine rings is 1. The van der Waals surface area contributed by atoms with Gasteiger partial charge in [-0.3, -0.25) is 4.79 Å². The lowest BCUT2D eigenvalue weighted by molar-refractivity contribution is -0.118. The number of hydrogen-bond acceptors (Lipinski definition) is 4. The molecular formula is C17H27N3O3S. The molecule has 1 saturated heterocycles. The highest BCUT2D eigenvalue weighted by Gasteiger charge is 2.26. The van der Waals surface area contributed by atoms with Crippen LogP contribution in [0, 0.1) is 5.92 Å². The Hall–Kier alpha value is -1.44. The van der Waals surface area contributed by atoms with Gasteiger partial charge in [0.1, 0.15) is 0 Å². The van der Waals surface area contributed by atoms with Crippen molar-refractivity contribution in [2.24, 2.45) is 11.7 Å². The molecule has 1 aromatic rings. The molecule has 134 valence electrons. The van der Waals surface area contributed by atoms with Gasteiger partial charge in [-0.1, -0.05) is 32.8 Å². The van der Waals surface area contributed by atoms with Crippen LogP contribution in [0.15, 0.2) is 29.2 Å². The Morgan fingerprint density at radius 3 is 2.58 bits per heavy atom. The maximum atomic E-state index is 12.7. The highest BCUT2D eigenvalue weighted by Crippen LogP contribution is 2.23. The highest BCUT2D eigenvalue weighted by atomic mass is 32.2. The molecule has 0 aromatic heterocycles. The van der Waals surface area contributed by atoms with Crippen LogP contribution in [0.25, 0.3) is 0 Å². The number of rotatable bonds is 6. The van der Waals surface area contributed by atoms with Crippen LogP contribution in [-0.2, 0) is 14.8 Å². The summed E-state index contributed by atoms with van der Waals surface area (Å²) in [6.45, 7) is 5.00. The number of benzene rings is 1. The number of sulfonamides is 1. The van der Waals surface area contributed by atoms with E-state index in [0.29, 0.717) is 18.8 Å². The maximum Gasteiger partial charge on any atom is 0.243 e. The van der Waals surface area contributed by atoms with Gasteiger partial charge < -0.3 is 11.1 Å². The lowest BCUT2D eigenvalue weighted by Crippen LogP contribution is -2.40. The van der Waals surface area contributed by atoms with Crippen molar-refractivity contribution in [1.29, 1.82) is 0 Å². The van der Waals surface area contributed by atoms with Crippen LogP contribution in [0.3, 0.4) is 0 Å². The van der Waals surface area contributed by atoms with Crippen molar-refractivity contribution in [2.75, 3.05) is 18.4 Å². The zero-order valence-electron chi connectivity index (χ0n) is 14.4.